The Morgan fingerprint density at radius 2 is 2.18 bits per heavy atom. The fourth-order valence-corrected chi connectivity index (χ4v) is 2.42. The van der Waals surface area contributed by atoms with Crippen molar-refractivity contribution in [2.45, 2.75) is 25.7 Å². The number of carbonyl (C=O) groups is 1. The SMILES string of the molecule is CN(CC1CCCC1)c1ccc(C(=O)O)nc1. The van der Waals surface area contributed by atoms with E-state index in [0.29, 0.717) is 0 Å². The summed E-state index contributed by atoms with van der Waals surface area (Å²) in [5, 5.41) is 8.77. The maximum absolute atomic E-state index is 10.7. The van der Waals surface area contributed by atoms with Gasteiger partial charge in [-0.1, -0.05) is 12.8 Å². The second kappa shape index (κ2) is 5.17. The highest BCUT2D eigenvalue weighted by atomic mass is 16.4. The van der Waals surface area contributed by atoms with Crippen LogP contribution in [-0.4, -0.2) is 29.7 Å². The first kappa shape index (κ1) is 11.9. The van der Waals surface area contributed by atoms with Gasteiger partial charge in [-0.3, -0.25) is 0 Å². The number of carboxylic acid groups (broad SMARTS) is 1. The first-order valence-corrected chi connectivity index (χ1v) is 6.07. The molecule has 0 atom stereocenters. The van der Waals surface area contributed by atoms with E-state index in [9.17, 15) is 4.79 Å². The zero-order chi connectivity index (χ0) is 12.3. The standard InChI is InChI=1S/C13H18N2O2/c1-15(9-10-4-2-3-5-10)11-6-7-12(13(16)17)14-8-11/h6-8,10H,2-5,9H2,1H3,(H,16,17). The molecule has 0 aliphatic heterocycles. The van der Waals surface area contributed by atoms with E-state index in [-0.39, 0.29) is 5.69 Å². The van der Waals surface area contributed by atoms with E-state index in [1.165, 1.54) is 25.7 Å². The predicted molar refractivity (Wildman–Crippen MR) is 66.4 cm³/mol. The minimum absolute atomic E-state index is 0.100. The van der Waals surface area contributed by atoms with Crippen molar-refractivity contribution < 1.29 is 9.90 Å². The average molecular weight is 234 g/mol. The summed E-state index contributed by atoms with van der Waals surface area (Å²) in [4.78, 5) is 16.8. The summed E-state index contributed by atoms with van der Waals surface area (Å²) in [5.74, 6) is -0.200. The predicted octanol–water partition coefficient (Wildman–Crippen LogP) is 2.41. The van der Waals surface area contributed by atoms with E-state index < -0.39 is 5.97 Å². The number of hydrogen-bond acceptors (Lipinski definition) is 3. The second-order valence-corrected chi connectivity index (χ2v) is 4.74. The largest absolute Gasteiger partial charge is 0.477 e. The van der Waals surface area contributed by atoms with Crippen LogP contribution in [0.4, 0.5) is 5.69 Å². The lowest BCUT2D eigenvalue weighted by Gasteiger charge is -2.22. The molecular formula is C13H18N2O2. The Hall–Kier alpha value is -1.58. The lowest BCUT2D eigenvalue weighted by Crippen LogP contribution is -2.24. The molecular weight excluding hydrogens is 216 g/mol. The molecule has 1 aliphatic rings. The number of rotatable bonds is 4. The van der Waals surface area contributed by atoms with E-state index >= 15 is 0 Å². The van der Waals surface area contributed by atoms with Crippen LogP contribution < -0.4 is 4.90 Å². The van der Waals surface area contributed by atoms with Crippen molar-refractivity contribution in [2.75, 3.05) is 18.5 Å². The van der Waals surface area contributed by atoms with E-state index in [0.717, 1.165) is 18.2 Å². The molecule has 1 heterocycles. The highest BCUT2D eigenvalue weighted by molar-refractivity contribution is 5.85. The summed E-state index contributed by atoms with van der Waals surface area (Å²) < 4.78 is 0. The van der Waals surface area contributed by atoms with Crippen molar-refractivity contribution in [3.05, 3.63) is 24.0 Å². The van der Waals surface area contributed by atoms with Crippen molar-refractivity contribution in [1.82, 2.24) is 4.98 Å². The minimum atomic E-state index is -0.977. The average Bonchev–Trinajstić information content (AvgIpc) is 2.82. The number of aromatic nitrogens is 1. The van der Waals surface area contributed by atoms with Gasteiger partial charge in [-0.25, -0.2) is 9.78 Å². The summed E-state index contributed by atoms with van der Waals surface area (Å²) in [6.07, 6.45) is 6.94. The highest BCUT2D eigenvalue weighted by Gasteiger charge is 2.17. The van der Waals surface area contributed by atoms with E-state index in [1.807, 2.05) is 13.1 Å². The first-order valence-electron chi connectivity index (χ1n) is 6.07. The summed E-state index contributed by atoms with van der Waals surface area (Å²) in [6.45, 7) is 1.04. The number of anilines is 1. The first-order chi connectivity index (χ1) is 8.16. The van der Waals surface area contributed by atoms with Crippen molar-refractivity contribution in [3.63, 3.8) is 0 Å². The van der Waals surface area contributed by atoms with Gasteiger partial charge in [0, 0.05) is 13.6 Å². The molecule has 1 aromatic rings. The van der Waals surface area contributed by atoms with Gasteiger partial charge in [-0.15, -0.1) is 0 Å². The highest BCUT2D eigenvalue weighted by Crippen LogP contribution is 2.26. The van der Waals surface area contributed by atoms with Gasteiger partial charge in [-0.05, 0) is 30.9 Å². The fraction of sp³-hybridized carbons (Fsp3) is 0.538. The molecule has 1 fully saturated rings. The number of nitrogens with zero attached hydrogens (tertiary/aromatic N) is 2. The smallest absolute Gasteiger partial charge is 0.354 e. The molecule has 1 N–H and O–H groups in total. The van der Waals surface area contributed by atoms with Crippen LogP contribution in [0.25, 0.3) is 0 Å². The molecule has 0 saturated heterocycles. The maximum atomic E-state index is 10.7. The van der Waals surface area contributed by atoms with Gasteiger partial charge >= 0.3 is 5.97 Å². The zero-order valence-corrected chi connectivity index (χ0v) is 10.1. The van der Waals surface area contributed by atoms with Crippen molar-refractivity contribution in [3.8, 4) is 0 Å². The van der Waals surface area contributed by atoms with E-state index in [2.05, 4.69) is 9.88 Å². The molecule has 1 aromatic heterocycles. The van der Waals surface area contributed by atoms with Gasteiger partial charge in [-0.2, -0.15) is 0 Å². The third-order valence-electron chi connectivity index (χ3n) is 3.41. The molecule has 17 heavy (non-hydrogen) atoms. The minimum Gasteiger partial charge on any atom is -0.477 e. The molecule has 0 aromatic carbocycles. The Bertz CT molecular complexity index is 383. The summed E-state index contributed by atoms with van der Waals surface area (Å²) in [5.41, 5.74) is 1.09. The Balaban J connectivity index is 1.98. The van der Waals surface area contributed by atoms with Crippen LogP contribution in [0.2, 0.25) is 0 Å². The Morgan fingerprint density at radius 1 is 1.47 bits per heavy atom. The maximum Gasteiger partial charge on any atom is 0.354 e. The third-order valence-corrected chi connectivity index (χ3v) is 3.41. The van der Waals surface area contributed by atoms with E-state index in [4.69, 9.17) is 5.11 Å². The van der Waals surface area contributed by atoms with Crippen LogP contribution >= 0.6 is 0 Å². The van der Waals surface area contributed by atoms with Gasteiger partial charge in [0.1, 0.15) is 5.69 Å². The Labute approximate surface area is 101 Å². The number of aromatic carboxylic acids is 1. The van der Waals surface area contributed by atoms with Gasteiger partial charge < -0.3 is 10.0 Å². The molecule has 1 saturated carbocycles. The number of pyridine rings is 1. The van der Waals surface area contributed by atoms with Gasteiger partial charge in [0.05, 0.1) is 11.9 Å². The Morgan fingerprint density at radius 3 is 2.71 bits per heavy atom. The lowest BCUT2D eigenvalue weighted by molar-refractivity contribution is 0.0690. The molecule has 0 spiro atoms. The van der Waals surface area contributed by atoms with Crippen LogP contribution in [0.1, 0.15) is 36.2 Å². The fourth-order valence-electron chi connectivity index (χ4n) is 2.42. The molecule has 2 rings (SSSR count). The van der Waals surface area contributed by atoms with Crippen LogP contribution in [0.5, 0.6) is 0 Å². The summed E-state index contributed by atoms with van der Waals surface area (Å²) >= 11 is 0. The lowest BCUT2D eigenvalue weighted by atomic mass is 10.1. The number of carboxylic acids is 1. The summed E-state index contributed by atoms with van der Waals surface area (Å²) in [6, 6.07) is 3.38. The third kappa shape index (κ3) is 2.96. The number of hydrogen-bond donors (Lipinski definition) is 1. The van der Waals surface area contributed by atoms with Gasteiger partial charge in [0.25, 0.3) is 0 Å². The quantitative estimate of drug-likeness (QED) is 0.869. The molecule has 0 bridgehead atoms. The summed E-state index contributed by atoms with van der Waals surface area (Å²) in [7, 11) is 2.04. The van der Waals surface area contributed by atoms with Gasteiger partial charge in [0.15, 0.2) is 0 Å². The molecule has 4 heteroatoms. The van der Waals surface area contributed by atoms with E-state index in [1.54, 1.807) is 12.3 Å². The zero-order valence-electron chi connectivity index (χ0n) is 10.1. The van der Waals surface area contributed by atoms with Crippen molar-refractivity contribution >= 4 is 11.7 Å². The molecule has 1 aliphatic carbocycles. The van der Waals surface area contributed by atoms with Crippen molar-refractivity contribution in [2.24, 2.45) is 5.92 Å². The molecule has 4 nitrogen and oxygen atoms in total. The monoisotopic (exact) mass is 234 g/mol. The Kier molecular flexibility index (Phi) is 3.61. The molecule has 92 valence electrons. The topological polar surface area (TPSA) is 53.4 Å². The van der Waals surface area contributed by atoms with Gasteiger partial charge in [0.2, 0.25) is 0 Å². The molecule has 0 radical (unpaired) electrons. The van der Waals surface area contributed by atoms with Crippen LogP contribution in [-0.2, 0) is 0 Å². The normalized spacial score (nSPS) is 16.1. The van der Waals surface area contributed by atoms with Crippen molar-refractivity contribution in [1.29, 1.82) is 0 Å². The van der Waals surface area contributed by atoms with Crippen LogP contribution in [0.3, 0.4) is 0 Å². The van der Waals surface area contributed by atoms with Crippen LogP contribution in [0, 0.1) is 5.92 Å². The second-order valence-electron chi connectivity index (χ2n) is 4.74. The molecule has 0 amide bonds. The van der Waals surface area contributed by atoms with Crippen LogP contribution in [0.15, 0.2) is 18.3 Å². The molecule has 0 unspecified atom stereocenters.